The zero-order valence-corrected chi connectivity index (χ0v) is 9.29. The van der Waals surface area contributed by atoms with Crippen LogP contribution in [0.4, 0.5) is 4.79 Å². The number of carboxylic acids is 1. The second kappa shape index (κ2) is 6.23. The zero-order chi connectivity index (χ0) is 11.9. The lowest BCUT2D eigenvalue weighted by atomic mass is 10.2. The molecule has 0 bridgehead atoms. The van der Waals surface area contributed by atoms with Crippen LogP contribution in [0.3, 0.4) is 0 Å². The Bertz CT molecular complexity index is 223. The smallest absolute Gasteiger partial charge is 0.323 e. The van der Waals surface area contributed by atoms with Gasteiger partial charge in [0.05, 0.1) is 12.2 Å². The first-order chi connectivity index (χ1) is 6.81. The van der Waals surface area contributed by atoms with E-state index in [4.69, 9.17) is 9.84 Å². The number of nitrogens with one attached hydrogen (secondary N) is 2. The van der Waals surface area contributed by atoms with E-state index in [0.717, 1.165) is 0 Å². The first-order valence-corrected chi connectivity index (χ1v) is 4.69. The summed E-state index contributed by atoms with van der Waals surface area (Å²) in [6.07, 6.45) is 0. The average molecular weight is 218 g/mol. The van der Waals surface area contributed by atoms with Gasteiger partial charge in [-0.2, -0.15) is 0 Å². The van der Waals surface area contributed by atoms with E-state index in [1.807, 2.05) is 20.8 Å². The number of carboxylic acid groups (broad SMARTS) is 1. The standard InChI is InChI=1S/C9H18N2O4/c1-9(2,3)15-5-4-10-8(14)11-6-7(12)13/h4-6H2,1-3H3,(H,12,13)(H2,10,11,14). The van der Waals surface area contributed by atoms with Crippen molar-refractivity contribution in [1.29, 1.82) is 0 Å². The van der Waals surface area contributed by atoms with Gasteiger partial charge in [0.15, 0.2) is 0 Å². The predicted molar refractivity (Wildman–Crippen MR) is 54.7 cm³/mol. The summed E-state index contributed by atoms with van der Waals surface area (Å²) >= 11 is 0. The van der Waals surface area contributed by atoms with Gasteiger partial charge in [-0.25, -0.2) is 4.79 Å². The molecule has 88 valence electrons. The number of carbonyl (C=O) groups excluding carboxylic acids is 1. The predicted octanol–water partition coefficient (Wildman–Crippen LogP) is 0.185. The van der Waals surface area contributed by atoms with Crippen LogP contribution in [0, 0.1) is 0 Å². The fourth-order valence-electron chi connectivity index (χ4n) is 0.740. The highest BCUT2D eigenvalue weighted by Crippen LogP contribution is 2.04. The lowest BCUT2D eigenvalue weighted by Gasteiger charge is -2.19. The number of rotatable bonds is 5. The minimum absolute atomic E-state index is 0.237. The van der Waals surface area contributed by atoms with E-state index < -0.39 is 12.0 Å². The lowest BCUT2D eigenvalue weighted by Crippen LogP contribution is -2.40. The minimum atomic E-state index is -1.07. The molecular formula is C9H18N2O4. The van der Waals surface area contributed by atoms with Crippen LogP contribution >= 0.6 is 0 Å². The van der Waals surface area contributed by atoms with Crippen molar-refractivity contribution in [2.75, 3.05) is 19.7 Å². The van der Waals surface area contributed by atoms with Crippen LogP contribution in [-0.4, -0.2) is 42.4 Å². The van der Waals surface area contributed by atoms with Crippen LogP contribution < -0.4 is 10.6 Å². The van der Waals surface area contributed by atoms with Crippen molar-refractivity contribution in [3.8, 4) is 0 Å². The normalized spacial score (nSPS) is 10.9. The molecule has 3 N–H and O–H groups in total. The van der Waals surface area contributed by atoms with Crippen molar-refractivity contribution in [3.63, 3.8) is 0 Å². The molecular weight excluding hydrogens is 200 g/mol. The molecule has 0 fully saturated rings. The molecule has 0 aromatic heterocycles. The Labute approximate surface area is 89.0 Å². The molecule has 0 radical (unpaired) electrons. The summed E-state index contributed by atoms with van der Waals surface area (Å²) in [6.45, 7) is 6.10. The van der Waals surface area contributed by atoms with Crippen molar-refractivity contribution < 1.29 is 19.4 Å². The molecule has 0 atom stereocenters. The summed E-state index contributed by atoms with van der Waals surface area (Å²) in [4.78, 5) is 21.0. The van der Waals surface area contributed by atoms with E-state index >= 15 is 0 Å². The van der Waals surface area contributed by atoms with E-state index in [0.29, 0.717) is 13.2 Å². The maximum atomic E-state index is 10.9. The minimum Gasteiger partial charge on any atom is -0.480 e. The third-order valence-corrected chi connectivity index (χ3v) is 1.32. The van der Waals surface area contributed by atoms with Gasteiger partial charge >= 0.3 is 12.0 Å². The Morgan fingerprint density at radius 2 is 1.87 bits per heavy atom. The van der Waals surface area contributed by atoms with E-state index in [2.05, 4.69) is 10.6 Å². The molecule has 0 heterocycles. The van der Waals surface area contributed by atoms with Gasteiger partial charge in [0.2, 0.25) is 0 Å². The van der Waals surface area contributed by atoms with Gasteiger partial charge in [-0.15, -0.1) is 0 Å². The summed E-state index contributed by atoms with van der Waals surface area (Å²) in [7, 11) is 0. The third kappa shape index (κ3) is 10.6. The molecule has 0 spiro atoms. The van der Waals surface area contributed by atoms with Crippen molar-refractivity contribution >= 4 is 12.0 Å². The van der Waals surface area contributed by atoms with E-state index in [1.165, 1.54) is 0 Å². The highest BCUT2D eigenvalue weighted by atomic mass is 16.5. The first-order valence-electron chi connectivity index (χ1n) is 4.69. The quantitative estimate of drug-likeness (QED) is 0.575. The molecule has 15 heavy (non-hydrogen) atoms. The second-order valence-electron chi connectivity index (χ2n) is 3.96. The summed E-state index contributed by atoms with van der Waals surface area (Å²) in [5.41, 5.74) is -0.237. The van der Waals surface area contributed by atoms with Gasteiger partial charge in [-0.1, -0.05) is 0 Å². The molecule has 2 amide bonds. The van der Waals surface area contributed by atoms with Crippen molar-refractivity contribution in [2.45, 2.75) is 26.4 Å². The molecule has 0 aromatic rings. The van der Waals surface area contributed by atoms with Gasteiger partial charge in [0.25, 0.3) is 0 Å². The van der Waals surface area contributed by atoms with Crippen LogP contribution in [-0.2, 0) is 9.53 Å². The fourth-order valence-corrected chi connectivity index (χ4v) is 0.740. The maximum absolute atomic E-state index is 10.9. The van der Waals surface area contributed by atoms with Gasteiger partial charge in [-0.05, 0) is 20.8 Å². The summed E-state index contributed by atoms with van der Waals surface area (Å²) < 4.78 is 5.35. The molecule has 6 heteroatoms. The molecule has 0 unspecified atom stereocenters. The van der Waals surface area contributed by atoms with Crippen molar-refractivity contribution in [3.05, 3.63) is 0 Å². The number of aliphatic carboxylic acids is 1. The number of carbonyl (C=O) groups is 2. The third-order valence-electron chi connectivity index (χ3n) is 1.32. The van der Waals surface area contributed by atoms with E-state index in [1.54, 1.807) is 0 Å². The number of hydrogen-bond acceptors (Lipinski definition) is 3. The summed E-state index contributed by atoms with van der Waals surface area (Å²) in [5.74, 6) is -1.07. The van der Waals surface area contributed by atoms with Crippen LogP contribution in [0.2, 0.25) is 0 Å². The van der Waals surface area contributed by atoms with Crippen LogP contribution in [0.15, 0.2) is 0 Å². The van der Waals surface area contributed by atoms with Crippen LogP contribution in [0.25, 0.3) is 0 Å². The van der Waals surface area contributed by atoms with Crippen LogP contribution in [0.5, 0.6) is 0 Å². The lowest BCUT2D eigenvalue weighted by molar-refractivity contribution is -0.135. The Morgan fingerprint density at radius 1 is 1.27 bits per heavy atom. The summed E-state index contributed by atoms with van der Waals surface area (Å²) in [6, 6.07) is -0.505. The Kier molecular flexibility index (Phi) is 5.69. The number of amides is 2. The Morgan fingerprint density at radius 3 is 2.33 bits per heavy atom. The Hall–Kier alpha value is -1.30. The van der Waals surface area contributed by atoms with Gasteiger partial charge in [0.1, 0.15) is 6.54 Å². The van der Waals surface area contributed by atoms with Gasteiger partial charge in [-0.3, -0.25) is 4.79 Å². The molecule has 6 nitrogen and oxygen atoms in total. The zero-order valence-electron chi connectivity index (χ0n) is 9.29. The highest BCUT2D eigenvalue weighted by molar-refractivity contribution is 5.79. The molecule has 0 aliphatic carbocycles. The average Bonchev–Trinajstić information content (AvgIpc) is 2.07. The van der Waals surface area contributed by atoms with Crippen LogP contribution in [0.1, 0.15) is 20.8 Å². The van der Waals surface area contributed by atoms with E-state index in [-0.39, 0.29) is 12.1 Å². The highest BCUT2D eigenvalue weighted by Gasteiger charge is 2.09. The summed E-state index contributed by atoms with van der Waals surface area (Å²) in [5, 5.41) is 12.9. The largest absolute Gasteiger partial charge is 0.480 e. The molecule has 0 aliphatic rings. The SMILES string of the molecule is CC(C)(C)OCCNC(=O)NCC(=O)O. The van der Waals surface area contributed by atoms with Crippen molar-refractivity contribution in [1.82, 2.24) is 10.6 Å². The first kappa shape index (κ1) is 13.7. The molecule has 0 aromatic carbocycles. The van der Waals surface area contributed by atoms with E-state index in [9.17, 15) is 9.59 Å². The van der Waals surface area contributed by atoms with Gasteiger partial charge in [0, 0.05) is 6.54 Å². The Balaban J connectivity index is 3.44. The maximum Gasteiger partial charge on any atom is 0.323 e. The molecule has 0 saturated heterocycles. The van der Waals surface area contributed by atoms with Gasteiger partial charge < -0.3 is 20.5 Å². The molecule has 0 aliphatic heterocycles. The molecule has 0 saturated carbocycles. The number of ether oxygens (including phenoxy) is 1. The number of hydrogen-bond donors (Lipinski definition) is 3. The number of urea groups is 1. The topological polar surface area (TPSA) is 87.7 Å². The fraction of sp³-hybridized carbons (Fsp3) is 0.778. The van der Waals surface area contributed by atoms with Crippen molar-refractivity contribution in [2.24, 2.45) is 0 Å². The molecule has 0 rings (SSSR count). The second-order valence-corrected chi connectivity index (χ2v) is 3.96. The monoisotopic (exact) mass is 218 g/mol.